The van der Waals surface area contributed by atoms with Crippen molar-refractivity contribution in [2.45, 2.75) is 60.5 Å². The van der Waals surface area contributed by atoms with Crippen LogP contribution in [-0.4, -0.2) is 81.8 Å². The van der Waals surface area contributed by atoms with Crippen LogP contribution in [0.4, 0.5) is 0 Å². The van der Waals surface area contributed by atoms with Crippen molar-refractivity contribution in [1.29, 1.82) is 0 Å². The highest BCUT2D eigenvalue weighted by Crippen LogP contribution is 2.35. The van der Waals surface area contributed by atoms with Crippen molar-refractivity contribution in [1.82, 2.24) is 10.2 Å². The van der Waals surface area contributed by atoms with Gasteiger partial charge in [0.2, 0.25) is 11.8 Å². The van der Waals surface area contributed by atoms with Gasteiger partial charge in [-0.2, -0.15) is 0 Å². The average Bonchev–Trinajstić information content (AvgIpc) is 3.71. The van der Waals surface area contributed by atoms with Crippen LogP contribution in [-0.2, 0) is 28.9 Å². The number of ether oxygens (including phenoxy) is 3. The minimum absolute atomic E-state index is 0.0675. The second-order valence-corrected chi connectivity index (χ2v) is 12.4. The number of hydrogen-bond acceptors (Lipinski definition) is 8. The van der Waals surface area contributed by atoms with Gasteiger partial charge in [0.1, 0.15) is 17.0 Å². The number of ketones is 1. The lowest BCUT2D eigenvalue weighted by Gasteiger charge is -2.34. The number of nitrogens with one attached hydrogen (secondary N) is 1. The Kier molecular flexibility index (Phi) is 8.53. The van der Waals surface area contributed by atoms with Crippen molar-refractivity contribution in [2.24, 2.45) is 0 Å². The van der Waals surface area contributed by atoms with Gasteiger partial charge in [-0.05, 0) is 49.4 Å². The molecular formula is C29H34N2O8S. The molecule has 0 radical (unpaired) electrons. The van der Waals surface area contributed by atoms with Crippen LogP contribution in [0.2, 0.25) is 0 Å². The quantitative estimate of drug-likeness (QED) is 0.462. The van der Waals surface area contributed by atoms with E-state index in [4.69, 9.17) is 14.2 Å². The summed E-state index contributed by atoms with van der Waals surface area (Å²) >= 11 is 0. The number of hydrogen-bond donors (Lipinski definition) is 1. The molecule has 2 aromatic rings. The molecule has 3 heterocycles. The Balaban J connectivity index is 1.47. The highest BCUT2D eigenvalue weighted by Gasteiger charge is 2.47. The minimum Gasteiger partial charge on any atom is -0.497 e. The second-order valence-electron chi connectivity index (χ2n) is 10.3. The van der Waals surface area contributed by atoms with E-state index in [2.05, 4.69) is 5.32 Å². The number of sulfone groups is 1. The summed E-state index contributed by atoms with van der Waals surface area (Å²) in [7, 11) is -2.55. The van der Waals surface area contributed by atoms with Gasteiger partial charge in [-0.15, -0.1) is 0 Å². The summed E-state index contributed by atoms with van der Waals surface area (Å²) in [5.41, 5.74) is 0.587. The second kappa shape index (κ2) is 12.1. The van der Waals surface area contributed by atoms with E-state index in [1.165, 1.54) is 24.1 Å². The molecule has 1 N–H and O–H groups in total. The zero-order valence-corrected chi connectivity index (χ0v) is 23.2. The van der Waals surface area contributed by atoms with Gasteiger partial charge in [0, 0.05) is 31.9 Å². The maximum atomic E-state index is 14.0. The molecule has 11 heteroatoms. The van der Waals surface area contributed by atoms with Crippen molar-refractivity contribution in [2.75, 3.05) is 33.4 Å². The van der Waals surface area contributed by atoms with Crippen LogP contribution in [0.15, 0.2) is 53.4 Å². The zero-order valence-electron chi connectivity index (χ0n) is 22.4. The van der Waals surface area contributed by atoms with Crippen LogP contribution in [0.1, 0.15) is 54.1 Å². The fourth-order valence-corrected chi connectivity index (χ4v) is 7.44. The average molecular weight is 571 g/mol. The molecule has 40 heavy (non-hydrogen) atoms. The number of benzene rings is 2. The first kappa shape index (κ1) is 28.3. The van der Waals surface area contributed by atoms with E-state index in [0.29, 0.717) is 30.9 Å². The molecule has 2 aromatic carbocycles. The maximum absolute atomic E-state index is 14.0. The largest absolute Gasteiger partial charge is 0.497 e. The van der Waals surface area contributed by atoms with Gasteiger partial charge in [0.25, 0.3) is 0 Å². The van der Waals surface area contributed by atoms with Crippen LogP contribution in [0.5, 0.6) is 5.75 Å². The van der Waals surface area contributed by atoms with Crippen molar-refractivity contribution in [3.05, 3.63) is 59.7 Å². The van der Waals surface area contributed by atoms with Crippen LogP contribution < -0.4 is 10.1 Å². The summed E-state index contributed by atoms with van der Waals surface area (Å²) in [4.78, 5) is 42.3. The molecule has 3 aliphatic rings. The third-order valence-electron chi connectivity index (χ3n) is 7.73. The molecule has 0 unspecified atom stereocenters. The van der Waals surface area contributed by atoms with Gasteiger partial charge in [0.15, 0.2) is 15.6 Å². The molecule has 2 saturated heterocycles. The summed E-state index contributed by atoms with van der Waals surface area (Å²) < 4.78 is 43.4. The van der Waals surface area contributed by atoms with Crippen molar-refractivity contribution in [3.63, 3.8) is 0 Å². The lowest BCUT2D eigenvalue weighted by Crippen LogP contribution is -2.49. The number of rotatable bonds is 10. The van der Waals surface area contributed by atoms with Crippen LogP contribution in [0.25, 0.3) is 0 Å². The smallest absolute Gasteiger partial charge is 0.247 e. The van der Waals surface area contributed by atoms with Gasteiger partial charge in [-0.25, -0.2) is 8.42 Å². The first-order chi connectivity index (χ1) is 19.3. The standard InChI is InChI=1S/C29H34N2O8S/c1-37-20-8-4-7-19(15-20)27(29(34)30-17-21-9-5-13-38-21)31(18-22-10-6-14-39-22)26(32)16-25-28(33)23-11-2-3-12-24(23)40(25,35)36/h2-4,7-8,11-12,15,21-22,25,27H,5-6,9-10,13-14,16-18H2,1H3,(H,30,34)/t21-,22-,25-,27+/m0/s1. The number of carbonyl (C=O) groups excluding carboxylic acids is 3. The first-order valence-corrected chi connectivity index (χ1v) is 15.2. The molecule has 214 valence electrons. The van der Waals surface area contributed by atoms with Crippen molar-refractivity contribution >= 4 is 27.4 Å². The lowest BCUT2D eigenvalue weighted by molar-refractivity contribution is -0.142. The monoisotopic (exact) mass is 570 g/mol. The number of methoxy groups -OCH3 is 1. The van der Waals surface area contributed by atoms with Gasteiger partial charge < -0.3 is 24.4 Å². The molecule has 4 atom stereocenters. The van der Waals surface area contributed by atoms with Gasteiger partial charge in [-0.3, -0.25) is 14.4 Å². The lowest BCUT2D eigenvalue weighted by atomic mass is 10.0. The van der Waals surface area contributed by atoms with E-state index in [9.17, 15) is 22.8 Å². The van der Waals surface area contributed by atoms with Crippen LogP contribution in [0, 0.1) is 0 Å². The third kappa shape index (κ3) is 5.77. The summed E-state index contributed by atoms with van der Waals surface area (Å²) in [5, 5.41) is 1.38. The molecule has 2 amide bonds. The Labute approximate surface area is 233 Å². The number of carbonyl (C=O) groups is 3. The number of nitrogens with zero attached hydrogens (tertiary/aromatic N) is 1. The molecule has 0 saturated carbocycles. The predicted molar refractivity (Wildman–Crippen MR) is 145 cm³/mol. The summed E-state index contributed by atoms with van der Waals surface area (Å²) in [5.74, 6) is -1.16. The van der Waals surface area contributed by atoms with Crippen molar-refractivity contribution < 1.29 is 37.0 Å². The molecule has 0 spiro atoms. The zero-order chi connectivity index (χ0) is 28.3. The normalized spacial score (nSPS) is 23.9. The number of fused-ring (bicyclic) bond motifs is 1. The Hall–Kier alpha value is -3.28. The summed E-state index contributed by atoms with van der Waals surface area (Å²) in [6.07, 6.45) is 2.22. The van der Waals surface area contributed by atoms with E-state index in [0.717, 1.165) is 19.3 Å². The Morgan fingerprint density at radius 3 is 2.45 bits per heavy atom. The fourth-order valence-electron chi connectivity index (χ4n) is 5.62. The van der Waals surface area contributed by atoms with Crippen LogP contribution in [0.3, 0.4) is 0 Å². The number of Topliss-reactive ketones (excluding diaryl/α,β-unsaturated/α-hetero) is 1. The van der Waals surface area contributed by atoms with E-state index in [1.54, 1.807) is 36.4 Å². The molecular weight excluding hydrogens is 536 g/mol. The minimum atomic E-state index is -4.06. The van der Waals surface area contributed by atoms with Crippen molar-refractivity contribution in [3.8, 4) is 5.75 Å². The highest BCUT2D eigenvalue weighted by molar-refractivity contribution is 7.93. The Morgan fingerprint density at radius 2 is 1.77 bits per heavy atom. The maximum Gasteiger partial charge on any atom is 0.247 e. The molecule has 3 aliphatic heterocycles. The first-order valence-electron chi connectivity index (χ1n) is 13.6. The van der Waals surface area contributed by atoms with Crippen LogP contribution >= 0.6 is 0 Å². The summed E-state index contributed by atoms with van der Waals surface area (Å²) in [6, 6.07) is 11.8. The third-order valence-corrected chi connectivity index (χ3v) is 9.83. The summed E-state index contributed by atoms with van der Waals surface area (Å²) in [6.45, 7) is 1.52. The Bertz CT molecular complexity index is 1370. The van der Waals surface area contributed by atoms with E-state index >= 15 is 0 Å². The molecule has 5 rings (SSSR count). The highest BCUT2D eigenvalue weighted by atomic mass is 32.2. The SMILES string of the molecule is COc1cccc([C@H](C(=O)NC[C@@H]2CCCO2)N(C[C@@H]2CCCO2)C(=O)C[C@H]2C(=O)c3ccccc3S2(=O)=O)c1. The van der Waals surface area contributed by atoms with E-state index in [-0.39, 0.29) is 35.8 Å². The molecule has 2 fully saturated rings. The predicted octanol–water partition coefficient (Wildman–Crippen LogP) is 2.47. The molecule has 0 aliphatic carbocycles. The molecule has 10 nitrogen and oxygen atoms in total. The van der Waals surface area contributed by atoms with Gasteiger partial charge >= 0.3 is 0 Å². The Morgan fingerprint density at radius 1 is 1.05 bits per heavy atom. The van der Waals surface area contributed by atoms with E-state index < -0.39 is 45.1 Å². The topological polar surface area (TPSA) is 128 Å². The van der Waals surface area contributed by atoms with E-state index in [1.807, 2.05) is 0 Å². The molecule has 0 aromatic heterocycles. The molecule has 0 bridgehead atoms. The van der Waals surface area contributed by atoms with Gasteiger partial charge in [-0.1, -0.05) is 30.3 Å². The fraction of sp³-hybridized carbons (Fsp3) is 0.483. The van der Waals surface area contributed by atoms with Gasteiger partial charge in [0.05, 0.1) is 30.6 Å². The number of amides is 2.